The minimum absolute atomic E-state index is 0.111. The van der Waals surface area contributed by atoms with Gasteiger partial charge in [-0.15, -0.1) is 0 Å². The summed E-state index contributed by atoms with van der Waals surface area (Å²) in [4.78, 5) is 6.68. The van der Waals surface area contributed by atoms with E-state index in [2.05, 4.69) is 9.88 Å². The SMILES string of the molecule is CO[C@@H]1CN(c2c(-c3cc(F)cc(F)c3)cnc3ccc(-c4cccc(C#N)c4O)cc23)CC[C@@H]1N. The number of pyridine rings is 1. The zero-order valence-corrected chi connectivity index (χ0v) is 19.6. The molecule has 6 nitrogen and oxygen atoms in total. The van der Waals surface area contributed by atoms with Gasteiger partial charge in [0, 0.05) is 55.0 Å². The summed E-state index contributed by atoms with van der Waals surface area (Å²) in [6.07, 6.45) is 2.07. The fourth-order valence-electron chi connectivity index (χ4n) is 4.86. The van der Waals surface area contributed by atoms with Crippen LogP contribution in [0.2, 0.25) is 0 Å². The molecule has 182 valence electrons. The molecule has 0 radical (unpaired) electrons. The van der Waals surface area contributed by atoms with Crippen molar-refractivity contribution in [3.05, 3.63) is 78.0 Å². The number of anilines is 1. The maximum Gasteiger partial charge on any atom is 0.141 e. The third kappa shape index (κ3) is 4.24. The van der Waals surface area contributed by atoms with Crippen LogP contribution in [-0.4, -0.2) is 42.4 Å². The number of aromatic hydroxyl groups is 1. The Morgan fingerprint density at radius 1 is 1.08 bits per heavy atom. The van der Waals surface area contributed by atoms with Gasteiger partial charge in [0.2, 0.25) is 0 Å². The lowest BCUT2D eigenvalue weighted by Gasteiger charge is -2.38. The Balaban J connectivity index is 1.76. The van der Waals surface area contributed by atoms with Crippen LogP contribution in [0.25, 0.3) is 33.2 Å². The minimum atomic E-state index is -0.682. The van der Waals surface area contributed by atoms with Gasteiger partial charge in [0.25, 0.3) is 0 Å². The summed E-state index contributed by atoms with van der Waals surface area (Å²) < 4.78 is 34.0. The molecule has 8 heteroatoms. The monoisotopic (exact) mass is 486 g/mol. The third-order valence-corrected chi connectivity index (χ3v) is 6.71. The van der Waals surface area contributed by atoms with Gasteiger partial charge >= 0.3 is 0 Å². The molecule has 3 N–H and O–H groups in total. The second kappa shape index (κ2) is 9.53. The van der Waals surface area contributed by atoms with Gasteiger partial charge in [-0.25, -0.2) is 8.78 Å². The summed E-state index contributed by atoms with van der Waals surface area (Å²) in [7, 11) is 1.62. The summed E-state index contributed by atoms with van der Waals surface area (Å²) in [5, 5.41) is 20.7. The zero-order chi connectivity index (χ0) is 25.4. The van der Waals surface area contributed by atoms with E-state index < -0.39 is 11.6 Å². The van der Waals surface area contributed by atoms with Gasteiger partial charge in [-0.05, 0) is 47.9 Å². The normalized spacial score (nSPS) is 17.8. The highest BCUT2D eigenvalue weighted by Gasteiger charge is 2.29. The number of fused-ring (bicyclic) bond motifs is 1. The topological polar surface area (TPSA) is 95.4 Å². The quantitative estimate of drug-likeness (QED) is 0.423. The lowest BCUT2D eigenvalue weighted by Crippen LogP contribution is -2.51. The van der Waals surface area contributed by atoms with Crippen molar-refractivity contribution in [1.29, 1.82) is 5.26 Å². The van der Waals surface area contributed by atoms with E-state index in [0.29, 0.717) is 47.3 Å². The number of nitriles is 1. The average molecular weight is 487 g/mol. The Morgan fingerprint density at radius 2 is 1.86 bits per heavy atom. The zero-order valence-electron chi connectivity index (χ0n) is 19.6. The van der Waals surface area contributed by atoms with Crippen molar-refractivity contribution < 1.29 is 18.6 Å². The number of nitrogens with two attached hydrogens (primary N) is 1. The van der Waals surface area contributed by atoms with Gasteiger partial charge < -0.3 is 20.5 Å². The summed E-state index contributed by atoms with van der Waals surface area (Å²) >= 11 is 0. The number of nitrogens with zero attached hydrogens (tertiary/aromatic N) is 3. The van der Waals surface area contributed by atoms with Crippen molar-refractivity contribution in [3.63, 3.8) is 0 Å². The number of hydrogen-bond donors (Lipinski definition) is 2. The van der Waals surface area contributed by atoms with Crippen LogP contribution in [0.15, 0.2) is 60.8 Å². The van der Waals surface area contributed by atoms with Gasteiger partial charge in [-0.2, -0.15) is 5.26 Å². The molecule has 5 rings (SSSR count). The summed E-state index contributed by atoms with van der Waals surface area (Å²) in [6.45, 7) is 1.10. The van der Waals surface area contributed by atoms with Crippen LogP contribution in [0, 0.1) is 23.0 Å². The van der Waals surface area contributed by atoms with Crippen LogP contribution in [0.3, 0.4) is 0 Å². The highest BCUT2D eigenvalue weighted by molar-refractivity contribution is 6.02. The Morgan fingerprint density at radius 3 is 2.58 bits per heavy atom. The minimum Gasteiger partial charge on any atom is -0.506 e. The van der Waals surface area contributed by atoms with E-state index >= 15 is 0 Å². The molecule has 0 aliphatic carbocycles. The highest BCUT2D eigenvalue weighted by atomic mass is 19.1. The van der Waals surface area contributed by atoms with Gasteiger partial charge in [-0.1, -0.05) is 18.2 Å². The predicted octanol–water partition coefficient (Wildman–Crippen LogP) is 4.98. The van der Waals surface area contributed by atoms with Crippen LogP contribution < -0.4 is 10.6 Å². The van der Waals surface area contributed by atoms with E-state index in [-0.39, 0.29) is 23.5 Å². The molecule has 0 bridgehead atoms. The predicted molar refractivity (Wildman–Crippen MR) is 135 cm³/mol. The Kier molecular flexibility index (Phi) is 6.27. The maximum atomic E-state index is 14.2. The van der Waals surface area contributed by atoms with Crippen LogP contribution in [0.5, 0.6) is 5.75 Å². The van der Waals surface area contributed by atoms with E-state index in [9.17, 15) is 19.1 Å². The van der Waals surface area contributed by atoms with E-state index in [1.807, 2.05) is 24.3 Å². The molecule has 1 saturated heterocycles. The van der Waals surface area contributed by atoms with Crippen molar-refractivity contribution >= 4 is 16.6 Å². The van der Waals surface area contributed by atoms with Crippen molar-refractivity contribution in [1.82, 2.24) is 4.98 Å². The highest BCUT2D eigenvalue weighted by Crippen LogP contribution is 2.41. The summed E-state index contributed by atoms with van der Waals surface area (Å²) in [5.41, 5.74) is 9.96. The van der Waals surface area contributed by atoms with Gasteiger partial charge in [0.1, 0.15) is 23.5 Å². The number of phenols is 1. The lowest BCUT2D eigenvalue weighted by molar-refractivity contribution is 0.0731. The molecule has 0 unspecified atom stereocenters. The average Bonchev–Trinajstić information content (AvgIpc) is 2.87. The number of aromatic nitrogens is 1. The number of halogens is 2. The van der Waals surface area contributed by atoms with Crippen LogP contribution in [0.4, 0.5) is 14.5 Å². The number of phenolic OH excluding ortho intramolecular Hbond substituents is 1. The number of piperidine rings is 1. The molecule has 2 heterocycles. The molecule has 3 aromatic carbocycles. The standard InChI is InChI=1S/C28H24F2N4O2/c1-36-26-15-34(8-7-24(26)32)27-22-11-16(21-4-2-3-17(13-31)28(21)35)5-6-25(22)33-14-23(27)18-9-19(29)12-20(30)10-18/h2-6,9-12,14,24,26,35H,7-8,15,32H2,1H3/t24-,26+/m0/s1. The Labute approximate surface area is 207 Å². The van der Waals surface area contributed by atoms with Crippen molar-refractivity contribution in [2.24, 2.45) is 5.73 Å². The number of ether oxygens (including phenoxy) is 1. The molecule has 4 aromatic rings. The fourth-order valence-corrected chi connectivity index (χ4v) is 4.86. The van der Waals surface area contributed by atoms with Crippen LogP contribution >= 0.6 is 0 Å². The molecule has 1 fully saturated rings. The largest absolute Gasteiger partial charge is 0.506 e. The van der Waals surface area contributed by atoms with Crippen molar-refractivity contribution in [3.8, 4) is 34.1 Å². The second-order valence-electron chi connectivity index (χ2n) is 8.90. The first-order valence-electron chi connectivity index (χ1n) is 11.5. The van der Waals surface area contributed by atoms with Gasteiger partial charge in [0.15, 0.2) is 0 Å². The Bertz CT molecular complexity index is 1480. The third-order valence-electron chi connectivity index (χ3n) is 6.71. The smallest absolute Gasteiger partial charge is 0.141 e. The van der Waals surface area contributed by atoms with Crippen LogP contribution in [0.1, 0.15) is 12.0 Å². The summed E-state index contributed by atoms with van der Waals surface area (Å²) in [5.74, 6) is -1.47. The molecule has 0 saturated carbocycles. The molecule has 36 heavy (non-hydrogen) atoms. The number of rotatable bonds is 4. The van der Waals surface area contributed by atoms with Crippen molar-refractivity contribution in [2.45, 2.75) is 18.6 Å². The fraction of sp³-hybridized carbons (Fsp3) is 0.214. The lowest BCUT2D eigenvalue weighted by atomic mass is 9.94. The molecule has 1 aromatic heterocycles. The van der Waals surface area contributed by atoms with Gasteiger partial charge in [-0.3, -0.25) is 4.98 Å². The molecular weight excluding hydrogens is 462 g/mol. The molecule has 1 aliphatic heterocycles. The number of benzene rings is 3. The number of methoxy groups -OCH3 is 1. The first-order chi connectivity index (χ1) is 17.4. The van der Waals surface area contributed by atoms with E-state index in [1.54, 1.807) is 31.5 Å². The van der Waals surface area contributed by atoms with Crippen molar-refractivity contribution in [2.75, 3.05) is 25.1 Å². The van der Waals surface area contributed by atoms with E-state index in [0.717, 1.165) is 17.1 Å². The number of para-hydroxylation sites is 1. The number of hydrogen-bond acceptors (Lipinski definition) is 6. The van der Waals surface area contributed by atoms with Crippen LogP contribution in [-0.2, 0) is 4.74 Å². The van der Waals surface area contributed by atoms with E-state index in [1.165, 1.54) is 12.1 Å². The summed E-state index contributed by atoms with van der Waals surface area (Å²) in [6, 6.07) is 15.8. The second-order valence-corrected chi connectivity index (χ2v) is 8.90. The van der Waals surface area contributed by atoms with E-state index in [4.69, 9.17) is 10.5 Å². The van der Waals surface area contributed by atoms with Gasteiger partial charge in [0.05, 0.1) is 22.9 Å². The molecule has 0 amide bonds. The molecule has 0 spiro atoms. The molecule has 1 aliphatic rings. The first-order valence-corrected chi connectivity index (χ1v) is 11.5. The maximum absolute atomic E-state index is 14.2. The Hall–Kier alpha value is -4.06. The molecule has 2 atom stereocenters. The first kappa shape index (κ1) is 23.7. The molecular formula is C28H24F2N4O2.